The molecule has 2 N–H and O–H groups in total. The lowest BCUT2D eigenvalue weighted by Gasteiger charge is -2.08. The van der Waals surface area contributed by atoms with Crippen molar-refractivity contribution < 1.29 is 10.2 Å². The topological polar surface area (TPSA) is 52.8 Å². The molecular formula is C19H15NO2. The van der Waals surface area contributed by atoms with Gasteiger partial charge in [0, 0.05) is 17.2 Å². The molecule has 22 heavy (non-hydrogen) atoms. The summed E-state index contributed by atoms with van der Waals surface area (Å²) in [5.41, 5.74) is 3.37. The van der Waals surface area contributed by atoms with E-state index in [9.17, 15) is 10.2 Å². The molecule has 0 amide bonds. The standard InChI is InChI=1S/C19H15NO2/c21-17-12-11-16(13-18(17)22)20-19(14-7-3-1-4-8-14)15-9-5-2-6-10-15/h1-13,21-22H. The summed E-state index contributed by atoms with van der Waals surface area (Å²) in [5, 5.41) is 19.0. The molecule has 3 heteroatoms. The number of phenols is 2. The van der Waals surface area contributed by atoms with Crippen molar-refractivity contribution in [3.8, 4) is 11.5 Å². The van der Waals surface area contributed by atoms with Gasteiger partial charge >= 0.3 is 0 Å². The largest absolute Gasteiger partial charge is 0.504 e. The van der Waals surface area contributed by atoms with Gasteiger partial charge in [0.2, 0.25) is 0 Å². The monoisotopic (exact) mass is 289 g/mol. The van der Waals surface area contributed by atoms with Crippen LogP contribution >= 0.6 is 0 Å². The van der Waals surface area contributed by atoms with Crippen molar-refractivity contribution >= 4 is 11.4 Å². The van der Waals surface area contributed by atoms with E-state index in [0.29, 0.717) is 5.69 Å². The molecule has 0 radical (unpaired) electrons. The lowest BCUT2D eigenvalue weighted by Crippen LogP contribution is -2.02. The van der Waals surface area contributed by atoms with Crippen molar-refractivity contribution in [1.29, 1.82) is 0 Å². The van der Waals surface area contributed by atoms with Gasteiger partial charge in [-0.1, -0.05) is 60.7 Å². The van der Waals surface area contributed by atoms with Crippen LogP contribution in [0.1, 0.15) is 11.1 Å². The molecule has 0 fully saturated rings. The maximum absolute atomic E-state index is 9.63. The van der Waals surface area contributed by atoms with E-state index in [0.717, 1.165) is 16.8 Å². The third kappa shape index (κ3) is 2.99. The van der Waals surface area contributed by atoms with E-state index in [1.54, 1.807) is 6.07 Å². The summed E-state index contributed by atoms with van der Waals surface area (Å²) in [6, 6.07) is 24.3. The van der Waals surface area contributed by atoms with Gasteiger partial charge in [-0.15, -0.1) is 0 Å². The van der Waals surface area contributed by atoms with Crippen LogP contribution in [0.25, 0.3) is 0 Å². The predicted octanol–water partition coefficient (Wildman–Crippen LogP) is 4.27. The summed E-state index contributed by atoms with van der Waals surface area (Å²) >= 11 is 0. The van der Waals surface area contributed by atoms with Gasteiger partial charge in [0.15, 0.2) is 11.5 Å². The summed E-state index contributed by atoms with van der Waals surface area (Å²) in [6.07, 6.45) is 0. The van der Waals surface area contributed by atoms with Gasteiger partial charge in [0.1, 0.15) is 0 Å². The highest BCUT2D eigenvalue weighted by Gasteiger charge is 2.07. The van der Waals surface area contributed by atoms with Crippen LogP contribution in [0.5, 0.6) is 11.5 Å². The Morgan fingerprint density at radius 1 is 0.636 bits per heavy atom. The number of aliphatic imine (C=N–C) groups is 1. The minimum atomic E-state index is -0.179. The SMILES string of the molecule is Oc1ccc(N=C(c2ccccc2)c2ccccc2)cc1O. The molecule has 3 rings (SSSR count). The molecule has 3 aromatic carbocycles. The Labute approximate surface area is 128 Å². The van der Waals surface area contributed by atoms with Crippen LogP contribution < -0.4 is 0 Å². The zero-order valence-corrected chi connectivity index (χ0v) is 11.8. The van der Waals surface area contributed by atoms with Gasteiger partial charge in [-0.05, 0) is 12.1 Å². The van der Waals surface area contributed by atoms with Gasteiger partial charge in [-0.2, -0.15) is 0 Å². The molecule has 3 nitrogen and oxygen atoms in total. The van der Waals surface area contributed by atoms with Crippen LogP contribution in [0, 0.1) is 0 Å². The number of rotatable bonds is 3. The molecule has 0 spiro atoms. The zero-order chi connectivity index (χ0) is 15.4. The predicted molar refractivity (Wildman–Crippen MR) is 88.0 cm³/mol. The first kappa shape index (κ1) is 13.9. The fourth-order valence-electron chi connectivity index (χ4n) is 2.20. The fraction of sp³-hybridized carbons (Fsp3) is 0. The summed E-state index contributed by atoms with van der Waals surface area (Å²) < 4.78 is 0. The molecule has 108 valence electrons. The van der Waals surface area contributed by atoms with Crippen LogP contribution in [-0.2, 0) is 0 Å². The third-order valence-corrected chi connectivity index (χ3v) is 3.29. The third-order valence-electron chi connectivity index (χ3n) is 3.29. The first-order valence-corrected chi connectivity index (χ1v) is 6.95. The molecular weight excluding hydrogens is 274 g/mol. The molecule has 0 atom stereocenters. The minimum absolute atomic E-state index is 0.153. The summed E-state index contributed by atoms with van der Waals surface area (Å²) in [4.78, 5) is 4.65. The number of phenolic OH excluding ortho intramolecular Hbond substituents is 2. The van der Waals surface area contributed by atoms with E-state index in [2.05, 4.69) is 4.99 Å². The van der Waals surface area contributed by atoms with Crippen LogP contribution in [0.4, 0.5) is 5.69 Å². The second-order valence-corrected chi connectivity index (χ2v) is 4.87. The Bertz CT molecular complexity index is 755. The smallest absolute Gasteiger partial charge is 0.159 e. The number of hydrogen-bond acceptors (Lipinski definition) is 3. The fourth-order valence-corrected chi connectivity index (χ4v) is 2.20. The average molecular weight is 289 g/mol. The number of hydrogen-bond donors (Lipinski definition) is 2. The molecule has 0 aromatic heterocycles. The van der Waals surface area contributed by atoms with E-state index < -0.39 is 0 Å². The molecule has 3 aromatic rings. The Morgan fingerprint density at radius 3 is 1.68 bits per heavy atom. The lowest BCUT2D eigenvalue weighted by atomic mass is 10.0. The maximum Gasteiger partial charge on any atom is 0.159 e. The van der Waals surface area contributed by atoms with E-state index >= 15 is 0 Å². The van der Waals surface area contributed by atoms with Crippen molar-refractivity contribution in [2.24, 2.45) is 4.99 Å². The summed E-state index contributed by atoms with van der Waals surface area (Å²) in [5.74, 6) is -0.332. The highest BCUT2D eigenvalue weighted by molar-refractivity contribution is 6.13. The minimum Gasteiger partial charge on any atom is -0.504 e. The van der Waals surface area contributed by atoms with Crippen molar-refractivity contribution in [2.45, 2.75) is 0 Å². The molecule has 0 aliphatic carbocycles. The van der Waals surface area contributed by atoms with Crippen LogP contribution in [0.2, 0.25) is 0 Å². The van der Waals surface area contributed by atoms with Crippen molar-refractivity contribution in [1.82, 2.24) is 0 Å². The van der Waals surface area contributed by atoms with E-state index in [4.69, 9.17) is 0 Å². The number of aromatic hydroxyl groups is 2. The molecule has 0 bridgehead atoms. The van der Waals surface area contributed by atoms with Crippen molar-refractivity contribution in [2.75, 3.05) is 0 Å². The molecule has 0 saturated heterocycles. The number of benzene rings is 3. The van der Waals surface area contributed by atoms with E-state index in [1.165, 1.54) is 12.1 Å². The van der Waals surface area contributed by atoms with Gasteiger partial charge in [-0.3, -0.25) is 0 Å². The highest BCUT2D eigenvalue weighted by atomic mass is 16.3. The first-order valence-electron chi connectivity index (χ1n) is 6.95. The quantitative estimate of drug-likeness (QED) is 0.559. The van der Waals surface area contributed by atoms with Crippen molar-refractivity contribution in [3.63, 3.8) is 0 Å². The summed E-state index contributed by atoms with van der Waals surface area (Å²) in [6.45, 7) is 0. The molecule has 0 heterocycles. The Morgan fingerprint density at radius 2 is 1.18 bits per heavy atom. The van der Waals surface area contributed by atoms with E-state index in [-0.39, 0.29) is 11.5 Å². The Hall–Kier alpha value is -3.07. The molecule has 0 aliphatic heterocycles. The first-order chi connectivity index (χ1) is 10.7. The Kier molecular flexibility index (Phi) is 3.88. The second-order valence-electron chi connectivity index (χ2n) is 4.87. The second kappa shape index (κ2) is 6.14. The van der Waals surface area contributed by atoms with Gasteiger partial charge in [0.25, 0.3) is 0 Å². The lowest BCUT2D eigenvalue weighted by molar-refractivity contribution is 0.404. The average Bonchev–Trinajstić information content (AvgIpc) is 2.57. The van der Waals surface area contributed by atoms with Crippen LogP contribution in [0.15, 0.2) is 83.9 Å². The molecule has 0 aliphatic rings. The molecule has 0 saturated carbocycles. The van der Waals surface area contributed by atoms with Gasteiger partial charge < -0.3 is 10.2 Å². The van der Waals surface area contributed by atoms with Crippen molar-refractivity contribution in [3.05, 3.63) is 90.0 Å². The van der Waals surface area contributed by atoms with Crippen LogP contribution in [0.3, 0.4) is 0 Å². The maximum atomic E-state index is 9.63. The van der Waals surface area contributed by atoms with Gasteiger partial charge in [0.05, 0.1) is 11.4 Å². The van der Waals surface area contributed by atoms with Gasteiger partial charge in [-0.25, -0.2) is 4.99 Å². The normalized spacial score (nSPS) is 10.2. The Balaban J connectivity index is 2.13. The summed E-state index contributed by atoms with van der Waals surface area (Å²) in [7, 11) is 0. The van der Waals surface area contributed by atoms with Crippen LogP contribution in [-0.4, -0.2) is 15.9 Å². The molecule has 0 unspecified atom stereocenters. The highest BCUT2D eigenvalue weighted by Crippen LogP contribution is 2.29. The van der Waals surface area contributed by atoms with E-state index in [1.807, 2.05) is 60.7 Å². The number of nitrogens with zero attached hydrogens (tertiary/aromatic N) is 1. The zero-order valence-electron chi connectivity index (χ0n) is 11.8.